The Labute approximate surface area is 189 Å². The van der Waals surface area contributed by atoms with Gasteiger partial charge in [-0.3, -0.25) is 0 Å². The minimum atomic E-state index is 0.749. The molecule has 0 saturated heterocycles. The molecule has 5 rings (SSSR count). The Hall–Kier alpha value is -2.71. The molecule has 0 aromatic heterocycles. The van der Waals surface area contributed by atoms with E-state index in [1.165, 1.54) is 54.7 Å². The Bertz CT molecular complexity index is 1230. The van der Waals surface area contributed by atoms with Crippen molar-refractivity contribution in [2.45, 2.75) is 45.4 Å². The van der Waals surface area contributed by atoms with Gasteiger partial charge in [0.1, 0.15) is 0 Å². The van der Waals surface area contributed by atoms with E-state index in [0.29, 0.717) is 0 Å². The van der Waals surface area contributed by atoms with Crippen LogP contribution in [0.2, 0.25) is 5.02 Å². The highest BCUT2D eigenvalue weighted by atomic mass is 35.5. The number of benzene rings is 4. The molecule has 0 aliphatic carbocycles. The van der Waals surface area contributed by atoms with Gasteiger partial charge >= 0.3 is 0 Å². The minimum absolute atomic E-state index is 0.749. The highest BCUT2D eigenvalue weighted by Gasteiger charge is 2.25. The van der Waals surface area contributed by atoms with Crippen molar-refractivity contribution in [3.05, 3.63) is 71.8 Å². The number of anilines is 2. The van der Waals surface area contributed by atoms with Crippen molar-refractivity contribution in [2.75, 3.05) is 11.4 Å². The minimum Gasteiger partial charge on any atom is -0.453 e. The number of rotatable bonds is 7. The summed E-state index contributed by atoms with van der Waals surface area (Å²) < 4.78 is 6.44. The van der Waals surface area contributed by atoms with Crippen molar-refractivity contribution >= 4 is 44.5 Å². The molecule has 1 aliphatic heterocycles. The third-order valence-corrected chi connectivity index (χ3v) is 6.48. The highest BCUT2D eigenvalue weighted by molar-refractivity contribution is 6.31. The van der Waals surface area contributed by atoms with Gasteiger partial charge in [0.2, 0.25) is 0 Å². The van der Waals surface area contributed by atoms with Gasteiger partial charge in [0, 0.05) is 11.6 Å². The van der Waals surface area contributed by atoms with Crippen LogP contribution in [0.1, 0.15) is 45.4 Å². The Morgan fingerprint density at radius 3 is 2.03 bits per heavy atom. The quantitative estimate of drug-likeness (QED) is 0.271. The van der Waals surface area contributed by atoms with Gasteiger partial charge in [0.05, 0.1) is 11.4 Å². The lowest BCUT2D eigenvalue weighted by atomic mass is 10.0. The summed E-state index contributed by atoms with van der Waals surface area (Å²) in [6, 6.07) is 23.4. The van der Waals surface area contributed by atoms with Gasteiger partial charge < -0.3 is 9.64 Å². The fourth-order valence-corrected chi connectivity index (χ4v) is 4.75. The van der Waals surface area contributed by atoms with E-state index < -0.39 is 0 Å². The van der Waals surface area contributed by atoms with E-state index in [4.69, 9.17) is 16.3 Å². The van der Waals surface area contributed by atoms with E-state index >= 15 is 0 Å². The maximum absolute atomic E-state index is 6.44. The molecule has 0 fully saturated rings. The van der Waals surface area contributed by atoms with Gasteiger partial charge in [0.15, 0.2) is 11.5 Å². The zero-order chi connectivity index (χ0) is 21.2. The summed E-state index contributed by atoms with van der Waals surface area (Å²) in [5.41, 5.74) is 2.30. The van der Waals surface area contributed by atoms with Crippen molar-refractivity contribution in [2.24, 2.45) is 0 Å². The molecule has 0 N–H and O–H groups in total. The summed E-state index contributed by atoms with van der Waals surface area (Å²) in [6.07, 6.45) is 7.71. The van der Waals surface area contributed by atoms with Crippen LogP contribution in [0.4, 0.5) is 11.4 Å². The standard InChI is InChI=1S/C28H28ClNO/c1-2-3-4-5-6-9-14-30-25-16-20-10-7-8-11-21(20)18-27(25)31-28-19-23-15-24(29)13-12-22(23)17-26(28)30/h7-8,10-13,15-19H,2-6,9,14H2,1H3. The van der Waals surface area contributed by atoms with Gasteiger partial charge in [-0.05, 0) is 64.4 Å². The van der Waals surface area contributed by atoms with Crippen molar-refractivity contribution in [3.63, 3.8) is 0 Å². The molecule has 2 nitrogen and oxygen atoms in total. The van der Waals surface area contributed by atoms with Gasteiger partial charge in [0.25, 0.3) is 0 Å². The number of hydrogen-bond donors (Lipinski definition) is 0. The molecule has 0 atom stereocenters. The monoisotopic (exact) mass is 429 g/mol. The lowest BCUT2D eigenvalue weighted by Crippen LogP contribution is -2.22. The molecule has 3 heteroatoms. The Morgan fingerprint density at radius 1 is 0.677 bits per heavy atom. The average Bonchev–Trinajstić information content (AvgIpc) is 2.78. The number of unbranched alkanes of at least 4 members (excludes halogenated alkanes) is 5. The molecule has 0 amide bonds. The summed E-state index contributed by atoms with van der Waals surface area (Å²) in [7, 11) is 0. The summed E-state index contributed by atoms with van der Waals surface area (Å²) in [5, 5.41) is 5.49. The van der Waals surface area contributed by atoms with Crippen LogP contribution in [0.15, 0.2) is 66.7 Å². The maximum Gasteiger partial charge on any atom is 0.151 e. The van der Waals surface area contributed by atoms with Crippen LogP contribution in [0.25, 0.3) is 21.5 Å². The van der Waals surface area contributed by atoms with Crippen LogP contribution in [-0.4, -0.2) is 6.54 Å². The summed E-state index contributed by atoms with van der Waals surface area (Å²) in [6.45, 7) is 3.26. The molecule has 1 aliphatic rings. The molecule has 0 saturated carbocycles. The van der Waals surface area contributed by atoms with Crippen LogP contribution in [-0.2, 0) is 0 Å². The SMILES string of the molecule is CCCCCCCCN1c2cc3ccccc3cc2Oc2cc3cc(Cl)ccc3cc21. The largest absolute Gasteiger partial charge is 0.453 e. The molecule has 0 bridgehead atoms. The first kappa shape index (κ1) is 20.2. The normalized spacial score (nSPS) is 12.6. The molecule has 31 heavy (non-hydrogen) atoms. The molecule has 0 radical (unpaired) electrons. The van der Waals surface area contributed by atoms with Crippen molar-refractivity contribution in [1.29, 1.82) is 0 Å². The summed E-state index contributed by atoms with van der Waals surface area (Å²) in [4.78, 5) is 2.45. The fourth-order valence-electron chi connectivity index (χ4n) is 4.57. The lowest BCUT2D eigenvalue weighted by Gasteiger charge is -2.33. The molecule has 4 aromatic carbocycles. The second-order valence-corrected chi connectivity index (χ2v) is 8.94. The molecule has 1 heterocycles. The predicted molar refractivity (Wildman–Crippen MR) is 133 cm³/mol. The predicted octanol–water partition coefficient (Wildman–Crippen LogP) is 9.25. The summed E-state index contributed by atoms with van der Waals surface area (Å²) >= 11 is 6.25. The van der Waals surface area contributed by atoms with E-state index in [0.717, 1.165) is 39.8 Å². The smallest absolute Gasteiger partial charge is 0.151 e. The van der Waals surface area contributed by atoms with E-state index in [2.05, 4.69) is 66.4 Å². The van der Waals surface area contributed by atoms with Crippen LogP contribution in [0.3, 0.4) is 0 Å². The van der Waals surface area contributed by atoms with Crippen molar-refractivity contribution in [3.8, 4) is 11.5 Å². The Balaban J connectivity index is 1.53. The first-order valence-electron chi connectivity index (χ1n) is 11.4. The number of fused-ring (bicyclic) bond motifs is 4. The molecule has 0 unspecified atom stereocenters. The second kappa shape index (κ2) is 8.80. The van der Waals surface area contributed by atoms with Gasteiger partial charge in [-0.2, -0.15) is 0 Å². The van der Waals surface area contributed by atoms with Gasteiger partial charge in [-0.15, -0.1) is 0 Å². The maximum atomic E-state index is 6.44. The van der Waals surface area contributed by atoms with Crippen molar-refractivity contribution in [1.82, 2.24) is 0 Å². The molecule has 158 valence electrons. The van der Waals surface area contributed by atoms with Crippen LogP contribution in [0.5, 0.6) is 11.5 Å². The summed E-state index contributed by atoms with van der Waals surface area (Å²) in [5.74, 6) is 1.84. The Morgan fingerprint density at radius 2 is 1.29 bits per heavy atom. The second-order valence-electron chi connectivity index (χ2n) is 8.50. The van der Waals surface area contributed by atoms with E-state index in [1.54, 1.807) is 0 Å². The van der Waals surface area contributed by atoms with Crippen LogP contribution < -0.4 is 9.64 Å². The van der Waals surface area contributed by atoms with Crippen molar-refractivity contribution < 1.29 is 4.74 Å². The number of ether oxygens (including phenoxy) is 1. The average molecular weight is 430 g/mol. The number of hydrogen-bond acceptors (Lipinski definition) is 2. The zero-order valence-electron chi connectivity index (χ0n) is 18.0. The number of halogens is 1. The Kier molecular flexibility index (Phi) is 5.74. The third-order valence-electron chi connectivity index (χ3n) is 6.24. The van der Waals surface area contributed by atoms with Gasteiger partial charge in [-0.1, -0.05) is 81.0 Å². The first-order chi connectivity index (χ1) is 15.2. The molecule has 4 aromatic rings. The van der Waals surface area contributed by atoms with E-state index in [1.807, 2.05) is 12.1 Å². The molecular weight excluding hydrogens is 402 g/mol. The fraction of sp³-hybridized carbons (Fsp3) is 0.286. The highest BCUT2D eigenvalue weighted by Crippen LogP contribution is 2.49. The number of nitrogens with zero attached hydrogens (tertiary/aromatic N) is 1. The first-order valence-corrected chi connectivity index (χ1v) is 11.8. The van der Waals surface area contributed by atoms with Crippen LogP contribution >= 0.6 is 11.6 Å². The zero-order valence-corrected chi connectivity index (χ0v) is 18.8. The topological polar surface area (TPSA) is 12.5 Å². The van der Waals surface area contributed by atoms with Crippen LogP contribution in [0, 0.1) is 0 Å². The van der Waals surface area contributed by atoms with Gasteiger partial charge in [-0.25, -0.2) is 0 Å². The molecule has 0 spiro atoms. The van der Waals surface area contributed by atoms with E-state index in [9.17, 15) is 0 Å². The van der Waals surface area contributed by atoms with E-state index in [-0.39, 0.29) is 0 Å². The third kappa shape index (κ3) is 4.09. The molecular formula is C28H28ClNO. The lowest BCUT2D eigenvalue weighted by molar-refractivity contribution is 0.473.